The zero-order chi connectivity index (χ0) is 15.8. The molecule has 0 bridgehead atoms. The lowest BCUT2D eigenvalue weighted by atomic mass is 9.94. The molecular formula is C20H16Br2O. The Morgan fingerprint density at radius 3 is 1.43 bits per heavy atom. The van der Waals surface area contributed by atoms with Gasteiger partial charge in [-0.1, -0.05) is 68.3 Å². The van der Waals surface area contributed by atoms with Gasteiger partial charge in [0.2, 0.25) is 0 Å². The Kier molecular flexibility index (Phi) is 4.27. The summed E-state index contributed by atoms with van der Waals surface area (Å²) in [6, 6.07) is 17.4. The highest BCUT2D eigenvalue weighted by molar-refractivity contribution is 9.11. The molecule has 116 valence electrons. The minimum absolute atomic E-state index is 1.00. The SMILES string of the molecule is Brc1ccc2ccc3c(Br)ccc4ccc1c2c43.C1CCOC1. The molecule has 0 aliphatic carbocycles. The van der Waals surface area contributed by atoms with Crippen LogP contribution in [0.1, 0.15) is 12.8 Å². The first kappa shape index (κ1) is 15.4. The number of benzene rings is 4. The molecule has 1 heterocycles. The van der Waals surface area contributed by atoms with Crippen LogP contribution < -0.4 is 0 Å². The molecule has 0 saturated carbocycles. The standard InChI is InChI=1S/C16H8Br2.C4H8O/c17-13-8-4-10-2-6-12-14(18)7-3-9-1-5-11(13)16(10)15(9)12;1-2-4-5-3-1/h1-8H;1-4H2. The van der Waals surface area contributed by atoms with Gasteiger partial charge in [0.1, 0.15) is 0 Å². The van der Waals surface area contributed by atoms with Crippen LogP contribution in [-0.2, 0) is 4.74 Å². The van der Waals surface area contributed by atoms with Gasteiger partial charge in [0, 0.05) is 22.2 Å². The van der Waals surface area contributed by atoms with Gasteiger partial charge in [-0.15, -0.1) is 0 Å². The van der Waals surface area contributed by atoms with E-state index in [0.717, 1.165) is 22.2 Å². The van der Waals surface area contributed by atoms with Gasteiger partial charge in [0.05, 0.1) is 0 Å². The highest BCUT2D eigenvalue weighted by Crippen LogP contribution is 2.39. The summed E-state index contributed by atoms with van der Waals surface area (Å²) in [5, 5.41) is 7.85. The fourth-order valence-corrected chi connectivity index (χ4v) is 4.17. The Morgan fingerprint density at radius 1 is 0.609 bits per heavy atom. The Hall–Kier alpha value is -1.16. The van der Waals surface area contributed by atoms with Crippen molar-refractivity contribution in [3.63, 3.8) is 0 Å². The summed E-state index contributed by atoms with van der Waals surface area (Å²) in [4.78, 5) is 0. The quantitative estimate of drug-likeness (QED) is 0.275. The third kappa shape index (κ3) is 2.75. The molecule has 0 atom stereocenters. The average molecular weight is 432 g/mol. The summed E-state index contributed by atoms with van der Waals surface area (Å²) >= 11 is 7.30. The predicted molar refractivity (Wildman–Crippen MR) is 106 cm³/mol. The second-order valence-corrected chi connectivity index (χ2v) is 7.55. The van der Waals surface area contributed by atoms with Crippen molar-refractivity contribution in [1.29, 1.82) is 0 Å². The molecule has 1 aliphatic heterocycles. The Labute approximate surface area is 152 Å². The highest BCUT2D eigenvalue weighted by atomic mass is 79.9. The van der Waals surface area contributed by atoms with E-state index < -0.39 is 0 Å². The molecule has 0 amide bonds. The molecule has 0 unspecified atom stereocenters. The van der Waals surface area contributed by atoms with E-state index in [4.69, 9.17) is 4.74 Å². The van der Waals surface area contributed by atoms with Gasteiger partial charge >= 0.3 is 0 Å². The summed E-state index contributed by atoms with van der Waals surface area (Å²) in [7, 11) is 0. The second kappa shape index (κ2) is 6.39. The van der Waals surface area contributed by atoms with E-state index in [0.29, 0.717) is 0 Å². The van der Waals surface area contributed by atoms with E-state index in [2.05, 4.69) is 80.4 Å². The minimum atomic E-state index is 1.00. The van der Waals surface area contributed by atoms with Crippen LogP contribution in [0.5, 0.6) is 0 Å². The van der Waals surface area contributed by atoms with Gasteiger partial charge in [0.15, 0.2) is 0 Å². The molecular weight excluding hydrogens is 416 g/mol. The molecule has 0 N–H and O–H groups in total. The average Bonchev–Trinajstić information content (AvgIpc) is 3.16. The van der Waals surface area contributed by atoms with Crippen molar-refractivity contribution in [3.8, 4) is 0 Å². The summed E-state index contributed by atoms with van der Waals surface area (Å²) in [5.74, 6) is 0. The van der Waals surface area contributed by atoms with Crippen molar-refractivity contribution in [2.24, 2.45) is 0 Å². The second-order valence-electron chi connectivity index (χ2n) is 5.84. The number of hydrogen-bond donors (Lipinski definition) is 0. The molecule has 1 saturated heterocycles. The maximum absolute atomic E-state index is 4.94. The highest BCUT2D eigenvalue weighted by Gasteiger charge is 2.10. The van der Waals surface area contributed by atoms with Gasteiger partial charge in [-0.2, -0.15) is 0 Å². The van der Waals surface area contributed by atoms with Crippen molar-refractivity contribution in [2.75, 3.05) is 13.2 Å². The minimum Gasteiger partial charge on any atom is -0.381 e. The molecule has 0 aromatic heterocycles. The zero-order valence-electron chi connectivity index (χ0n) is 12.6. The first-order chi connectivity index (χ1) is 11.3. The van der Waals surface area contributed by atoms with Crippen LogP contribution in [-0.4, -0.2) is 13.2 Å². The monoisotopic (exact) mass is 430 g/mol. The van der Waals surface area contributed by atoms with E-state index in [1.165, 1.54) is 45.2 Å². The van der Waals surface area contributed by atoms with Gasteiger partial charge < -0.3 is 4.74 Å². The van der Waals surface area contributed by atoms with Crippen LogP contribution in [0.3, 0.4) is 0 Å². The number of ether oxygens (including phenoxy) is 1. The summed E-state index contributed by atoms with van der Waals surface area (Å²) in [6.07, 6.45) is 2.56. The lowest BCUT2D eigenvalue weighted by molar-refractivity contribution is 0.198. The van der Waals surface area contributed by atoms with Crippen molar-refractivity contribution >= 4 is 64.2 Å². The summed E-state index contributed by atoms with van der Waals surface area (Å²) in [5.41, 5.74) is 0. The Bertz CT molecular complexity index is 890. The van der Waals surface area contributed by atoms with Gasteiger partial charge in [-0.25, -0.2) is 0 Å². The van der Waals surface area contributed by atoms with Crippen LogP contribution in [0.15, 0.2) is 57.5 Å². The molecule has 1 nitrogen and oxygen atoms in total. The van der Waals surface area contributed by atoms with Gasteiger partial charge in [-0.05, 0) is 57.3 Å². The zero-order valence-corrected chi connectivity index (χ0v) is 15.8. The Morgan fingerprint density at radius 2 is 1.04 bits per heavy atom. The van der Waals surface area contributed by atoms with Crippen molar-refractivity contribution in [3.05, 3.63) is 57.5 Å². The largest absolute Gasteiger partial charge is 0.381 e. The first-order valence-corrected chi connectivity index (χ1v) is 9.43. The summed E-state index contributed by atoms with van der Waals surface area (Å²) in [6.45, 7) is 2.00. The number of hydrogen-bond acceptors (Lipinski definition) is 1. The van der Waals surface area contributed by atoms with Crippen molar-refractivity contribution in [2.45, 2.75) is 12.8 Å². The maximum atomic E-state index is 4.94. The van der Waals surface area contributed by atoms with E-state index in [9.17, 15) is 0 Å². The lowest BCUT2D eigenvalue weighted by Gasteiger charge is -2.12. The van der Waals surface area contributed by atoms with Gasteiger partial charge in [-0.3, -0.25) is 0 Å². The van der Waals surface area contributed by atoms with E-state index >= 15 is 0 Å². The maximum Gasteiger partial charge on any atom is 0.0466 e. The van der Waals surface area contributed by atoms with Crippen LogP contribution in [0, 0.1) is 0 Å². The topological polar surface area (TPSA) is 9.23 Å². The molecule has 1 aliphatic rings. The molecule has 4 aromatic carbocycles. The van der Waals surface area contributed by atoms with Crippen LogP contribution in [0.2, 0.25) is 0 Å². The van der Waals surface area contributed by atoms with Crippen LogP contribution in [0.25, 0.3) is 32.3 Å². The normalized spacial score (nSPS) is 14.5. The molecule has 3 heteroatoms. The van der Waals surface area contributed by atoms with E-state index in [1.807, 2.05) is 0 Å². The molecule has 23 heavy (non-hydrogen) atoms. The lowest BCUT2D eigenvalue weighted by Crippen LogP contribution is -1.85. The third-order valence-electron chi connectivity index (χ3n) is 4.39. The van der Waals surface area contributed by atoms with Crippen LogP contribution in [0.4, 0.5) is 0 Å². The molecule has 1 fully saturated rings. The van der Waals surface area contributed by atoms with Crippen LogP contribution >= 0.6 is 31.9 Å². The third-order valence-corrected chi connectivity index (χ3v) is 5.77. The summed E-state index contributed by atoms with van der Waals surface area (Å²) < 4.78 is 7.26. The smallest absolute Gasteiger partial charge is 0.0466 e. The van der Waals surface area contributed by atoms with Gasteiger partial charge in [0.25, 0.3) is 0 Å². The fraction of sp³-hybridized carbons (Fsp3) is 0.200. The first-order valence-electron chi connectivity index (χ1n) is 7.85. The molecule has 4 aromatic rings. The fourth-order valence-electron chi connectivity index (χ4n) is 3.24. The number of rotatable bonds is 0. The molecule has 0 radical (unpaired) electrons. The van der Waals surface area contributed by atoms with Crippen molar-refractivity contribution < 1.29 is 4.74 Å². The predicted octanol–water partition coefficient (Wildman–Crippen LogP) is 6.91. The molecule has 5 rings (SSSR count). The number of halogens is 2. The van der Waals surface area contributed by atoms with E-state index in [-0.39, 0.29) is 0 Å². The molecule has 0 spiro atoms. The van der Waals surface area contributed by atoms with Crippen molar-refractivity contribution in [1.82, 2.24) is 0 Å². The van der Waals surface area contributed by atoms with E-state index in [1.54, 1.807) is 0 Å². The Balaban J connectivity index is 0.000000233.